The predicted molar refractivity (Wildman–Crippen MR) is 101 cm³/mol. The van der Waals surface area contributed by atoms with E-state index in [1.807, 2.05) is 37.3 Å². The zero-order chi connectivity index (χ0) is 16.2. The van der Waals surface area contributed by atoms with Crippen LogP contribution < -0.4 is 10.9 Å². The summed E-state index contributed by atoms with van der Waals surface area (Å²) in [6.07, 6.45) is 1.57. The summed E-state index contributed by atoms with van der Waals surface area (Å²) in [5, 5.41) is 14.2. The van der Waals surface area contributed by atoms with Crippen molar-refractivity contribution in [1.82, 2.24) is 4.98 Å². The van der Waals surface area contributed by atoms with Crippen LogP contribution in [0.4, 0.5) is 5.69 Å². The van der Waals surface area contributed by atoms with Crippen molar-refractivity contribution >= 4 is 29.0 Å². The number of aromatic nitrogens is 1. The first kappa shape index (κ1) is 17.9. The number of pyridine rings is 1. The van der Waals surface area contributed by atoms with Crippen LogP contribution in [0, 0.1) is 0 Å². The van der Waals surface area contributed by atoms with Crippen molar-refractivity contribution < 1.29 is 5.11 Å². The first-order chi connectivity index (χ1) is 11.2. The summed E-state index contributed by atoms with van der Waals surface area (Å²) in [6, 6.07) is 15.6. The van der Waals surface area contributed by atoms with E-state index in [0.717, 1.165) is 24.0 Å². The molecule has 4 nitrogen and oxygen atoms in total. The number of H-pyrrole nitrogens is 1. The van der Waals surface area contributed by atoms with Crippen molar-refractivity contribution in [2.45, 2.75) is 19.8 Å². The fourth-order valence-electron chi connectivity index (χ4n) is 2.73. The van der Waals surface area contributed by atoms with E-state index in [-0.39, 0.29) is 23.7 Å². The number of aromatic amines is 1. The number of nitrogens with one attached hydrogen (secondary N) is 2. The van der Waals surface area contributed by atoms with Crippen molar-refractivity contribution in [3.05, 3.63) is 70.0 Å². The molecule has 3 N–H and O–H groups in total. The molecule has 126 valence electrons. The molecule has 3 aromatic rings. The van der Waals surface area contributed by atoms with Crippen LogP contribution in [0.5, 0.6) is 5.75 Å². The van der Waals surface area contributed by atoms with Gasteiger partial charge >= 0.3 is 0 Å². The van der Waals surface area contributed by atoms with E-state index in [4.69, 9.17) is 0 Å². The Morgan fingerprint density at radius 3 is 2.58 bits per heavy atom. The monoisotopic (exact) mass is 344 g/mol. The highest BCUT2D eigenvalue weighted by atomic mass is 35.5. The Hall–Kier alpha value is -2.46. The van der Waals surface area contributed by atoms with E-state index in [1.54, 1.807) is 6.07 Å². The molecule has 5 heteroatoms. The second-order valence-electron chi connectivity index (χ2n) is 5.56. The average molecular weight is 345 g/mol. The van der Waals surface area contributed by atoms with Crippen LogP contribution in [0.3, 0.4) is 0 Å². The lowest BCUT2D eigenvalue weighted by molar-refractivity contribution is 0.480. The zero-order valence-corrected chi connectivity index (χ0v) is 14.3. The summed E-state index contributed by atoms with van der Waals surface area (Å²) >= 11 is 0. The van der Waals surface area contributed by atoms with E-state index >= 15 is 0 Å². The predicted octanol–water partition coefficient (Wildman–Crippen LogP) is 3.87. The third-order valence-electron chi connectivity index (χ3n) is 4.03. The van der Waals surface area contributed by atoms with Crippen LogP contribution in [-0.4, -0.2) is 16.6 Å². The highest BCUT2D eigenvalue weighted by Crippen LogP contribution is 2.29. The van der Waals surface area contributed by atoms with Gasteiger partial charge in [0, 0.05) is 23.2 Å². The first-order valence-electron chi connectivity index (χ1n) is 7.84. The number of fused-ring (bicyclic) bond motifs is 1. The molecule has 0 bridgehead atoms. The summed E-state index contributed by atoms with van der Waals surface area (Å²) < 4.78 is 0. The van der Waals surface area contributed by atoms with Crippen LogP contribution in [0.25, 0.3) is 10.9 Å². The standard InChI is InChI=1S/C19H20N2O2.ClH/c1-2-14-12-15-16(8-9-17(22)18(15)21-19(14)23)20-11-10-13-6-4-3-5-7-13;/h3-9,12,20,22H,2,10-11H2,1H3,(H,21,23);1H. The molecular weight excluding hydrogens is 324 g/mol. The molecule has 0 aliphatic heterocycles. The van der Waals surface area contributed by atoms with Gasteiger partial charge in [-0.2, -0.15) is 0 Å². The van der Waals surface area contributed by atoms with E-state index in [9.17, 15) is 9.90 Å². The molecule has 2 aromatic carbocycles. The number of phenolic OH excluding ortho intramolecular Hbond substituents is 1. The maximum absolute atomic E-state index is 11.9. The molecule has 1 heterocycles. The van der Waals surface area contributed by atoms with Crippen molar-refractivity contribution in [3.8, 4) is 5.75 Å². The fourth-order valence-corrected chi connectivity index (χ4v) is 2.73. The number of aromatic hydroxyl groups is 1. The molecule has 0 fully saturated rings. The number of anilines is 1. The average Bonchev–Trinajstić information content (AvgIpc) is 2.58. The Kier molecular flexibility index (Phi) is 5.88. The summed E-state index contributed by atoms with van der Waals surface area (Å²) in [5.74, 6) is 0.0911. The van der Waals surface area contributed by atoms with Crippen molar-refractivity contribution in [3.63, 3.8) is 0 Å². The Morgan fingerprint density at radius 2 is 1.88 bits per heavy atom. The largest absolute Gasteiger partial charge is 0.506 e. The van der Waals surface area contributed by atoms with Gasteiger partial charge in [0.05, 0.1) is 5.52 Å². The zero-order valence-electron chi connectivity index (χ0n) is 13.5. The molecule has 0 spiro atoms. The molecule has 0 atom stereocenters. The second kappa shape index (κ2) is 7.88. The molecular formula is C19H21ClN2O2. The Labute approximate surface area is 147 Å². The maximum atomic E-state index is 11.9. The van der Waals surface area contributed by atoms with Crippen molar-refractivity contribution in [1.29, 1.82) is 0 Å². The minimum atomic E-state index is -0.142. The lowest BCUT2D eigenvalue weighted by Gasteiger charge is -2.12. The van der Waals surface area contributed by atoms with Gasteiger partial charge in [-0.25, -0.2) is 0 Å². The number of benzene rings is 2. The number of rotatable bonds is 5. The number of hydrogen-bond donors (Lipinski definition) is 3. The van der Waals surface area contributed by atoms with Crippen LogP contribution in [0.15, 0.2) is 53.3 Å². The smallest absolute Gasteiger partial charge is 0.251 e. The van der Waals surface area contributed by atoms with Gasteiger partial charge in [0.25, 0.3) is 5.56 Å². The summed E-state index contributed by atoms with van der Waals surface area (Å²) in [4.78, 5) is 14.7. The summed E-state index contributed by atoms with van der Waals surface area (Å²) in [5.41, 5.74) is 3.24. The lowest BCUT2D eigenvalue weighted by atomic mass is 10.1. The van der Waals surface area contributed by atoms with Crippen LogP contribution in [0.2, 0.25) is 0 Å². The normalized spacial score (nSPS) is 10.4. The van der Waals surface area contributed by atoms with Gasteiger partial charge in [-0.15, -0.1) is 12.4 Å². The second-order valence-corrected chi connectivity index (χ2v) is 5.56. The Bertz CT molecular complexity index is 876. The minimum absolute atomic E-state index is 0. The van der Waals surface area contributed by atoms with E-state index in [0.29, 0.717) is 17.5 Å². The summed E-state index contributed by atoms with van der Waals surface area (Å²) in [6.45, 7) is 2.73. The van der Waals surface area contributed by atoms with Gasteiger partial charge in [-0.3, -0.25) is 4.79 Å². The van der Waals surface area contributed by atoms with Gasteiger partial charge in [-0.1, -0.05) is 37.3 Å². The summed E-state index contributed by atoms with van der Waals surface area (Å²) in [7, 11) is 0. The van der Waals surface area contributed by atoms with Crippen LogP contribution in [0.1, 0.15) is 18.1 Å². The third-order valence-corrected chi connectivity index (χ3v) is 4.03. The molecule has 0 aliphatic rings. The van der Waals surface area contributed by atoms with Gasteiger partial charge < -0.3 is 15.4 Å². The van der Waals surface area contributed by atoms with Gasteiger partial charge in [0.2, 0.25) is 0 Å². The van der Waals surface area contributed by atoms with Gasteiger partial charge in [0.15, 0.2) is 0 Å². The van der Waals surface area contributed by atoms with E-state index < -0.39 is 0 Å². The maximum Gasteiger partial charge on any atom is 0.251 e. The molecule has 0 saturated carbocycles. The Balaban J connectivity index is 0.00000208. The molecule has 0 amide bonds. The quantitative estimate of drug-likeness (QED) is 0.615. The molecule has 0 unspecified atom stereocenters. The number of aryl methyl sites for hydroxylation is 1. The lowest BCUT2D eigenvalue weighted by Crippen LogP contribution is -2.12. The molecule has 3 rings (SSSR count). The molecule has 1 aromatic heterocycles. The topological polar surface area (TPSA) is 65.1 Å². The molecule has 0 saturated heterocycles. The van der Waals surface area contributed by atoms with Gasteiger partial charge in [-0.05, 0) is 36.6 Å². The third kappa shape index (κ3) is 3.71. The molecule has 0 aliphatic carbocycles. The van der Waals surface area contributed by atoms with Gasteiger partial charge in [0.1, 0.15) is 5.75 Å². The molecule has 0 radical (unpaired) electrons. The number of phenols is 1. The SMILES string of the molecule is CCc1cc2c(NCCc3ccccc3)ccc(O)c2[nH]c1=O.Cl. The Morgan fingerprint density at radius 1 is 1.12 bits per heavy atom. The van der Waals surface area contributed by atoms with Crippen molar-refractivity contribution in [2.24, 2.45) is 0 Å². The number of hydrogen-bond acceptors (Lipinski definition) is 3. The van der Waals surface area contributed by atoms with Crippen molar-refractivity contribution in [2.75, 3.05) is 11.9 Å². The minimum Gasteiger partial charge on any atom is -0.506 e. The van der Waals surface area contributed by atoms with Crippen LogP contribution in [-0.2, 0) is 12.8 Å². The highest BCUT2D eigenvalue weighted by molar-refractivity contribution is 5.95. The highest BCUT2D eigenvalue weighted by Gasteiger charge is 2.09. The first-order valence-corrected chi connectivity index (χ1v) is 7.84. The molecule has 24 heavy (non-hydrogen) atoms. The fraction of sp³-hybridized carbons (Fsp3) is 0.211. The number of halogens is 1. The van der Waals surface area contributed by atoms with Crippen LogP contribution >= 0.6 is 12.4 Å². The van der Waals surface area contributed by atoms with E-state index in [2.05, 4.69) is 22.4 Å². The van der Waals surface area contributed by atoms with E-state index in [1.165, 1.54) is 5.56 Å².